The molecular weight excluding hydrogens is 166 g/mol. The van der Waals surface area contributed by atoms with Gasteiger partial charge in [-0.15, -0.1) is 0 Å². The molecule has 0 rings (SSSR count). The summed E-state index contributed by atoms with van der Waals surface area (Å²) < 4.78 is 4.56. The van der Waals surface area contributed by atoms with Crippen LogP contribution < -0.4 is 5.48 Å². The second-order valence-electron chi connectivity index (χ2n) is 2.24. The highest BCUT2D eigenvalue weighted by Gasteiger charge is 2.04. The number of ether oxygens (including phenoxy) is 1. The van der Waals surface area contributed by atoms with Crippen molar-refractivity contribution in [2.75, 3.05) is 6.61 Å². The molecule has 2 N–H and O–H groups in total. The van der Waals surface area contributed by atoms with Crippen molar-refractivity contribution in [1.29, 1.82) is 0 Å². The predicted molar refractivity (Wildman–Crippen MR) is 38.3 cm³/mol. The second-order valence-corrected chi connectivity index (χ2v) is 2.24. The molecule has 70 valence electrons. The maximum absolute atomic E-state index is 10.6. The van der Waals surface area contributed by atoms with Gasteiger partial charge in [-0.05, 0) is 13.8 Å². The fraction of sp³-hybridized carbons (Fsp3) is 0.667. The van der Waals surface area contributed by atoms with Crippen molar-refractivity contribution in [3.8, 4) is 0 Å². The Morgan fingerprint density at radius 1 is 1.50 bits per heavy atom. The fourth-order valence-corrected chi connectivity index (χ4v) is 0.395. The van der Waals surface area contributed by atoms with E-state index < -0.39 is 18.7 Å². The van der Waals surface area contributed by atoms with Crippen LogP contribution in [0.25, 0.3) is 0 Å². The molecular formula is C6H11NO5. The zero-order valence-corrected chi connectivity index (χ0v) is 6.86. The quantitative estimate of drug-likeness (QED) is 0.596. The number of hydrogen-bond acceptors (Lipinski definition) is 4. The monoisotopic (exact) mass is 177 g/mol. The van der Waals surface area contributed by atoms with Gasteiger partial charge in [0.15, 0.2) is 6.61 Å². The highest BCUT2D eigenvalue weighted by atomic mass is 16.7. The number of carboxylic acid groups (broad SMARTS) is 1. The summed E-state index contributed by atoms with van der Waals surface area (Å²) in [5.41, 5.74) is 1.80. The number of rotatable bonds is 4. The average Bonchev–Trinajstić information content (AvgIpc) is 1.84. The van der Waals surface area contributed by atoms with Crippen molar-refractivity contribution in [2.45, 2.75) is 20.0 Å². The minimum Gasteiger partial charge on any atom is -0.479 e. The largest absolute Gasteiger partial charge is 0.479 e. The molecule has 0 fully saturated rings. The summed E-state index contributed by atoms with van der Waals surface area (Å²) in [4.78, 5) is 24.7. The van der Waals surface area contributed by atoms with Gasteiger partial charge in [0.25, 0.3) is 0 Å². The molecule has 0 radical (unpaired) electrons. The van der Waals surface area contributed by atoms with Gasteiger partial charge in [-0.3, -0.25) is 4.84 Å². The zero-order chi connectivity index (χ0) is 9.56. The Labute approximate surface area is 69.4 Å². The van der Waals surface area contributed by atoms with E-state index in [0.29, 0.717) is 0 Å². The lowest BCUT2D eigenvalue weighted by atomic mass is 10.5. The Balaban J connectivity index is 3.38. The molecule has 0 spiro atoms. The van der Waals surface area contributed by atoms with Crippen molar-refractivity contribution in [2.24, 2.45) is 0 Å². The Morgan fingerprint density at radius 2 is 2.08 bits per heavy atom. The second kappa shape index (κ2) is 5.36. The average molecular weight is 177 g/mol. The number of nitrogens with one attached hydrogen (secondary N) is 1. The molecule has 6 nitrogen and oxygen atoms in total. The van der Waals surface area contributed by atoms with Gasteiger partial charge in [0.1, 0.15) is 0 Å². The number of amides is 1. The first-order valence-electron chi connectivity index (χ1n) is 3.32. The lowest BCUT2D eigenvalue weighted by molar-refractivity contribution is -0.144. The third-order valence-corrected chi connectivity index (χ3v) is 0.694. The van der Waals surface area contributed by atoms with Crippen LogP contribution in [0.3, 0.4) is 0 Å². The van der Waals surface area contributed by atoms with Crippen LogP contribution in [-0.4, -0.2) is 29.9 Å². The molecule has 0 unspecified atom stereocenters. The first-order valence-corrected chi connectivity index (χ1v) is 3.32. The Morgan fingerprint density at radius 3 is 2.50 bits per heavy atom. The first kappa shape index (κ1) is 10.7. The lowest BCUT2D eigenvalue weighted by Gasteiger charge is -2.07. The van der Waals surface area contributed by atoms with Crippen molar-refractivity contribution >= 4 is 12.1 Å². The summed E-state index contributed by atoms with van der Waals surface area (Å²) in [6.07, 6.45) is -1.07. The first-order chi connectivity index (χ1) is 5.52. The molecule has 0 aromatic carbocycles. The van der Waals surface area contributed by atoms with Gasteiger partial charge >= 0.3 is 12.1 Å². The number of carboxylic acids is 1. The van der Waals surface area contributed by atoms with Crippen LogP contribution in [0.1, 0.15) is 13.8 Å². The number of aliphatic carboxylic acids is 1. The molecule has 0 aliphatic rings. The maximum atomic E-state index is 10.6. The highest BCUT2D eigenvalue weighted by Crippen LogP contribution is 1.87. The van der Waals surface area contributed by atoms with Crippen molar-refractivity contribution < 1.29 is 24.3 Å². The van der Waals surface area contributed by atoms with E-state index in [4.69, 9.17) is 5.11 Å². The molecule has 0 saturated heterocycles. The third kappa shape index (κ3) is 6.81. The molecule has 0 atom stereocenters. The summed E-state index contributed by atoms with van der Waals surface area (Å²) in [5.74, 6) is -1.17. The molecule has 0 aliphatic heterocycles. The van der Waals surface area contributed by atoms with E-state index in [0.717, 1.165) is 0 Å². The molecule has 12 heavy (non-hydrogen) atoms. The van der Waals surface area contributed by atoms with Crippen LogP contribution in [0, 0.1) is 0 Å². The van der Waals surface area contributed by atoms with Crippen LogP contribution in [0.15, 0.2) is 0 Å². The van der Waals surface area contributed by atoms with Crippen LogP contribution in [0.5, 0.6) is 0 Å². The zero-order valence-electron chi connectivity index (χ0n) is 6.86. The Hall–Kier alpha value is -1.30. The van der Waals surface area contributed by atoms with E-state index in [1.165, 1.54) is 0 Å². The Kier molecular flexibility index (Phi) is 4.78. The molecule has 6 heteroatoms. The maximum Gasteiger partial charge on any atom is 0.431 e. The van der Waals surface area contributed by atoms with Gasteiger partial charge in [0.05, 0.1) is 6.10 Å². The molecule has 0 aliphatic carbocycles. The summed E-state index contributed by atoms with van der Waals surface area (Å²) >= 11 is 0. The normalized spacial score (nSPS) is 9.58. The molecule has 0 heterocycles. The van der Waals surface area contributed by atoms with E-state index >= 15 is 0 Å². The summed E-state index contributed by atoms with van der Waals surface area (Å²) in [6, 6.07) is 0. The van der Waals surface area contributed by atoms with E-state index in [1.807, 2.05) is 0 Å². The molecule has 0 saturated carbocycles. The summed E-state index contributed by atoms with van der Waals surface area (Å²) in [7, 11) is 0. The summed E-state index contributed by atoms with van der Waals surface area (Å²) in [5, 5.41) is 8.09. The van der Waals surface area contributed by atoms with Crippen molar-refractivity contribution in [1.82, 2.24) is 5.48 Å². The van der Waals surface area contributed by atoms with Crippen molar-refractivity contribution in [3.05, 3.63) is 0 Å². The highest BCUT2D eigenvalue weighted by molar-refractivity contribution is 5.69. The van der Waals surface area contributed by atoms with E-state index in [9.17, 15) is 9.59 Å². The van der Waals surface area contributed by atoms with E-state index in [-0.39, 0.29) is 6.10 Å². The van der Waals surface area contributed by atoms with Gasteiger partial charge in [-0.2, -0.15) is 5.48 Å². The lowest BCUT2D eigenvalue weighted by Crippen LogP contribution is -2.29. The third-order valence-electron chi connectivity index (χ3n) is 0.694. The Bertz CT molecular complexity index is 167. The number of carbonyl (C=O) groups excluding carboxylic acids is 1. The molecule has 0 aromatic heterocycles. The number of hydrogen-bond donors (Lipinski definition) is 2. The smallest absolute Gasteiger partial charge is 0.431 e. The van der Waals surface area contributed by atoms with E-state index in [2.05, 4.69) is 9.57 Å². The predicted octanol–water partition coefficient (Wildman–Crippen LogP) is 0.137. The van der Waals surface area contributed by atoms with E-state index in [1.54, 1.807) is 19.3 Å². The number of hydroxylamine groups is 1. The van der Waals surface area contributed by atoms with Gasteiger partial charge in [-0.1, -0.05) is 0 Å². The van der Waals surface area contributed by atoms with Gasteiger partial charge in [-0.25, -0.2) is 9.59 Å². The van der Waals surface area contributed by atoms with Crippen molar-refractivity contribution in [3.63, 3.8) is 0 Å². The van der Waals surface area contributed by atoms with Gasteiger partial charge in [0, 0.05) is 0 Å². The number of carbonyl (C=O) groups is 2. The van der Waals surface area contributed by atoms with Gasteiger partial charge < -0.3 is 9.84 Å². The van der Waals surface area contributed by atoms with Gasteiger partial charge in [0.2, 0.25) is 0 Å². The minimum atomic E-state index is -1.17. The SMILES string of the molecule is CC(C)OC(=O)NOCC(=O)O. The fourth-order valence-electron chi connectivity index (χ4n) is 0.395. The molecule has 1 amide bonds. The van der Waals surface area contributed by atoms with Crippen LogP contribution in [0.2, 0.25) is 0 Å². The van der Waals surface area contributed by atoms with Crippen LogP contribution in [0.4, 0.5) is 4.79 Å². The molecule has 0 aromatic rings. The summed E-state index contributed by atoms with van der Waals surface area (Å²) in [6.45, 7) is 2.74. The topological polar surface area (TPSA) is 84.9 Å². The molecule has 0 bridgehead atoms. The minimum absolute atomic E-state index is 0.265. The van der Waals surface area contributed by atoms with Crippen LogP contribution in [-0.2, 0) is 14.4 Å². The standard InChI is InChI=1S/C6H11NO5/c1-4(2)12-6(10)7-11-3-5(8)9/h4H,3H2,1-2H3,(H,7,10)(H,8,9). The van der Waals surface area contributed by atoms with Crippen LogP contribution >= 0.6 is 0 Å².